The molecule has 0 aliphatic carbocycles. The molecule has 1 amide bonds. The molecule has 4 nitrogen and oxygen atoms in total. The molecule has 0 heterocycles. The summed E-state index contributed by atoms with van der Waals surface area (Å²) < 4.78 is 5.66. The Morgan fingerprint density at radius 3 is 2.33 bits per heavy atom. The third-order valence-corrected chi connectivity index (χ3v) is 5.28. The first kappa shape index (κ1) is 22.2. The molecule has 0 spiro atoms. The fourth-order valence-corrected chi connectivity index (χ4v) is 3.75. The van der Waals surface area contributed by atoms with Gasteiger partial charge in [0.05, 0.1) is 21.2 Å². The molecule has 0 unspecified atom stereocenters. The molecule has 154 valence electrons. The van der Waals surface area contributed by atoms with Crippen molar-refractivity contribution >= 4 is 46.7 Å². The molecule has 0 bridgehead atoms. The van der Waals surface area contributed by atoms with Crippen LogP contribution >= 0.6 is 34.8 Å². The lowest BCUT2D eigenvalue weighted by Gasteiger charge is -2.15. The van der Waals surface area contributed by atoms with Crippen molar-refractivity contribution < 1.29 is 14.3 Å². The number of nitrogens with one attached hydrogen (secondary N) is 1. The van der Waals surface area contributed by atoms with E-state index < -0.39 is 5.97 Å². The number of rotatable bonds is 5. The van der Waals surface area contributed by atoms with E-state index in [1.807, 2.05) is 26.0 Å². The molecule has 0 aliphatic rings. The number of esters is 1. The van der Waals surface area contributed by atoms with Crippen molar-refractivity contribution in [2.45, 2.75) is 20.4 Å². The number of hydrogen-bond acceptors (Lipinski definition) is 3. The first-order valence-electron chi connectivity index (χ1n) is 9.06. The average molecular weight is 463 g/mol. The SMILES string of the molecule is Cc1cc(C)c(OC(=O)c2ccc(Cl)cc2Cl)c(CNC(=O)c2ccccc2Cl)c1. The Labute approximate surface area is 189 Å². The Bertz CT molecular complexity index is 1130. The summed E-state index contributed by atoms with van der Waals surface area (Å²) >= 11 is 18.1. The van der Waals surface area contributed by atoms with Gasteiger partial charge in [-0.15, -0.1) is 0 Å². The molecule has 0 aromatic heterocycles. The van der Waals surface area contributed by atoms with Crippen LogP contribution in [0.25, 0.3) is 0 Å². The minimum Gasteiger partial charge on any atom is -0.422 e. The first-order chi connectivity index (χ1) is 14.3. The van der Waals surface area contributed by atoms with Crippen LogP contribution in [0.15, 0.2) is 54.6 Å². The van der Waals surface area contributed by atoms with Crippen molar-refractivity contribution in [3.63, 3.8) is 0 Å². The maximum absolute atomic E-state index is 12.7. The van der Waals surface area contributed by atoms with E-state index in [0.29, 0.717) is 26.9 Å². The number of aryl methyl sites for hydroxylation is 2. The number of amides is 1. The zero-order valence-electron chi connectivity index (χ0n) is 16.3. The second-order valence-electron chi connectivity index (χ2n) is 6.75. The van der Waals surface area contributed by atoms with E-state index >= 15 is 0 Å². The highest BCUT2D eigenvalue weighted by Gasteiger charge is 2.18. The Balaban J connectivity index is 1.84. The van der Waals surface area contributed by atoms with Gasteiger partial charge in [-0.2, -0.15) is 0 Å². The molecule has 30 heavy (non-hydrogen) atoms. The van der Waals surface area contributed by atoms with Crippen LogP contribution in [0.4, 0.5) is 0 Å². The van der Waals surface area contributed by atoms with Crippen LogP contribution in [0.5, 0.6) is 5.75 Å². The summed E-state index contributed by atoms with van der Waals surface area (Å²) in [6.45, 7) is 3.91. The molecule has 1 N–H and O–H groups in total. The second-order valence-corrected chi connectivity index (χ2v) is 8.00. The number of hydrogen-bond donors (Lipinski definition) is 1. The van der Waals surface area contributed by atoms with Crippen molar-refractivity contribution in [1.29, 1.82) is 0 Å². The molecule has 7 heteroatoms. The summed E-state index contributed by atoms with van der Waals surface area (Å²) in [7, 11) is 0. The van der Waals surface area contributed by atoms with Gasteiger partial charge in [0.15, 0.2) is 0 Å². The third-order valence-electron chi connectivity index (χ3n) is 4.40. The number of benzene rings is 3. The number of carbonyl (C=O) groups excluding carboxylic acids is 2. The highest BCUT2D eigenvalue weighted by molar-refractivity contribution is 6.36. The summed E-state index contributed by atoms with van der Waals surface area (Å²) in [5, 5.41) is 3.81. The standard InChI is InChI=1S/C23H18Cl3NO3/c1-13-9-14(2)21(30-23(29)18-8-7-16(24)11-20(18)26)15(10-13)12-27-22(28)17-5-3-4-6-19(17)25/h3-11H,12H2,1-2H3,(H,27,28). The van der Waals surface area contributed by atoms with Gasteiger partial charge in [0.2, 0.25) is 0 Å². The monoisotopic (exact) mass is 461 g/mol. The van der Waals surface area contributed by atoms with Gasteiger partial charge in [-0.05, 0) is 49.7 Å². The summed E-state index contributed by atoms with van der Waals surface area (Å²) in [5.41, 5.74) is 2.96. The molecular formula is C23H18Cl3NO3. The van der Waals surface area contributed by atoms with Gasteiger partial charge in [0, 0.05) is 17.1 Å². The summed E-state index contributed by atoms with van der Waals surface area (Å²) in [5.74, 6) is -0.559. The Morgan fingerprint density at radius 2 is 1.63 bits per heavy atom. The molecule has 0 radical (unpaired) electrons. The largest absolute Gasteiger partial charge is 0.422 e. The molecule has 0 saturated carbocycles. The minimum atomic E-state index is -0.609. The lowest BCUT2D eigenvalue weighted by Crippen LogP contribution is -2.24. The molecule has 0 fully saturated rings. The van der Waals surface area contributed by atoms with E-state index in [1.54, 1.807) is 30.3 Å². The summed E-state index contributed by atoms with van der Waals surface area (Å²) in [6.07, 6.45) is 0. The average Bonchev–Trinajstić information content (AvgIpc) is 2.68. The van der Waals surface area contributed by atoms with Gasteiger partial charge < -0.3 is 10.1 Å². The second kappa shape index (κ2) is 9.52. The fourth-order valence-electron chi connectivity index (χ4n) is 3.04. The topological polar surface area (TPSA) is 55.4 Å². The van der Waals surface area contributed by atoms with Crippen LogP contribution in [0, 0.1) is 13.8 Å². The lowest BCUT2D eigenvalue weighted by molar-refractivity contribution is 0.0732. The van der Waals surface area contributed by atoms with E-state index in [0.717, 1.165) is 11.1 Å². The smallest absolute Gasteiger partial charge is 0.345 e. The van der Waals surface area contributed by atoms with Gasteiger partial charge in [-0.25, -0.2) is 4.79 Å². The fraction of sp³-hybridized carbons (Fsp3) is 0.130. The molecule has 3 aromatic carbocycles. The molecule has 3 aromatic rings. The van der Waals surface area contributed by atoms with Crippen molar-refractivity contribution in [2.75, 3.05) is 0 Å². The lowest BCUT2D eigenvalue weighted by atomic mass is 10.0. The van der Waals surface area contributed by atoms with Crippen LogP contribution < -0.4 is 10.1 Å². The zero-order valence-corrected chi connectivity index (χ0v) is 18.5. The predicted octanol–water partition coefficient (Wildman–Crippen LogP) is 6.41. The molecule has 0 aliphatic heterocycles. The van der Waals surface area contributed by atoms with Crippen LogP contribution in [0.1, 0.15) is 37.4 Å². The van der Waals surface area contributed by atoms with E-state index in [9.17, 15) is 9.59 Å². The van der Waals surface area contributed by atoms with Gasteiger partial charge in [0.25, 0.3) is 5.91 Å². The van der Waals surface area contributed by atoms with E-state index in [-0.39, 0.29) is 23.0 Å². The van der Waals surface area contributed by atoms with E-state index in [1.165, 1.54) is 12.1 Å². The Kier molecular flexibility index (Phi) is 7.03. The van der Waals surface area contributed by atoms with Crippen molar-refractivity contribution in [3.05, 3.63) is 97.5 Å². The minimum absolute atomic E-state index is 0.156. The van der Waals surface area contributed by atoms with Crippen molar-refractivity contribution in [3.8, 4) is 5.75 Å². The first-order valence-corrected chi connectivity index (χ1v) is 10.2. The van der Waals surface area contributed by atoms with Crippen molar-refractivity contribution in [1.82, 2.24) is 5.32 Å². The summed E-state index contributed by atoms with van der Waals surface area (Å²) in [6, 6.07) is 15.1. The maximum Gasteiger partial charge on any atom is 0.345 e. The molecular weight excluding hydrogens is 445 g/mol. The Hall–Kier alpha value is -2.53. The normalized spacial score (nSPS) is 10.6. The molecule has 0 atom stereocenters. The predicted molar refractivity (Wildman–Crippen MR) is 120 cm³/mol. The van der Waals surface area contributed by atoms with Gasteiger partial charge in [-0.3, -0.25) is 4.79 Å². The van der Waals surface area contributed by atoms with E-state index in [2.05, 4.69) is 5.32 Å². The highest BCUT2D eigenvalue weighted by atomic mass is 35.5. The maximum atomic E-state index is 12.7. The third kappa shape index (κ3) is 5.14. The van der Waals surface area contributed by atoms with Crippen molar-refractivity contribution in [2.24, 2.45) is 0 Å². The van der Waals surface area contributed by atoms with E-state index in [4.69, 9.17) is 39.5 Å². The number of ether oxygens (including phenoxy) is 1. The van der Waals surface area contributed by atoms with Crippen LogP contribution in [-0.2, 0) is 6.54 Å². The van der Waals surface area contributed by atoms with Crippen LogP contribution in [-0.4, -0.2) is 11.9 Å². The quantitative estimate of drug-likeness (QED) is 0.352. The van der Waals surface area contributed by atoms with Gasteiger partial charge in [0.1, 0.15) is 5.75 Å². The zero-order chi connectivity index (χ0) is 21.8. The summed E-state index contributed by atoms with van der Waals surface area (Å²) in [4.78, 5) is 25.2. The van der Waals surface area contributed by atoms with Crippen LogP contribution in [0.3, 0.4) is 0 Å². The molecule has 3 rings (SSSR count). The number of carbonyl (C=O) groups is 2. The Morgan fingerprint density at radius 1 is 0.900 bits per heavy atom. The van der Waals surface area contributed by atoms with Gasteiger partial charge in [-0.1, -0.05) is 64.6 Å². The molecule has 0 saturated heterocycles. The van der Waals surface area contributed by atoms with Crippen LogP contribution in [0.2, 0.25) is 15.1 Å². The number of halogens is 3. The van der Waals surface area contributed by atoms with Gasteiger partial charge >= 0.3 is 5.97 Å². The highest BCUT2D eigenvalue weighted by Crippen LogP contribution is 2.28.